The number of unbranched alkanes of at least 4 members (excludes halogenated alkanes) is 1. The molecule has 1 atom stereocenters. The largest absolute Gasteiger partial charge is 0.480 e. The van der Waals surface area contributed by atoms with Gasteiger partial charge in [0.1, 0.15) is 16.3 Å². The average molecular weight is 305 g/mol. The van der Waals surface area contributed by atoms with E-state index in [1.54, 1.807) is 0 Å². The van der Waals surface area contributed by atoms with E-state index in [1.165, 1.54) is 12.1 Å². The minimum Gasteiger partial charge on any atom is -0.480 e. The molecule has 0 bridgehead atoms. The summed E-state index contributed by atoms with van der Waals surface area (Å²) in [5.41, 5.74) is 0.188. The molecule has 0 fully saturated rings. The van der Waals surface area contributed by atoms with Crippen LogP contribution in [0.2, 0.25) is 10.3 Å². The molecule has 7 heteroatoms. The Morgan fingerprint density at radius 1 is 1.37 bits per heavy atom. The van der Waals surface area contributed by atoms with E-state index in [0.717, 1.165) is 12.8 Å². The second-order valence-corrected chi connectivity index (χ2v) is 4.78. The summed E-state index contributed by atoms with van der Waals surface area (Å²) < 4.78 is 0. The Morgan fingerprint density at radius 3 is 2.42 bits per heavy atom. The zero-order valence-corrected chi connectivity index (χ0v) is 11.8. The second-order valence-electron chi connectivity index (χ2n) is 4.01. The molecule has 19 heavy (non-hydrogen) atoms. The standard InChI is InChI=1S/C12H14Cl2N2O3/c1-2-3-4-8(12(18)19)15-11(17)7-5-9(13)16-10(14)6-7/h5-6,8H,2-4H2,1H3,(H,15,17)(H,18,19). The van der Waals surface area contributed by atoms with Gasteiger partial charge >= 0.3 is 5.97 Å². The fourth-order valence-corrected chi connectivity index (χ4v) is 1.96. The van der Waals surface area contributed by atoms with E-state index in [2.05, 4.69) is 10.3 Å². The van der Waals surface area contributed by atoms with Crippen molar-refractivity contribution in [2.75, 3.05) is 0 Å². The molecule has 1 amide bonds. The maximum Gasteiger partial charge on any atom is 0.326 e. The number of pyridine rings is 1. The molecule has 0 aliphatic heterocycles. The van der Waals surface area contributed by atoms with Crippen LogP contribution in [0.25, 0.3) is 0 Å². The third kappa shape index (κ3) is 5.04. The highest BCUT2D eigenvalue weighted by Gasteiger charge is 2.20. The van der Waals surface area contributed by atoms with Crippen LogP contribution in [0.5, 0.6) is 0 Å². The number of amides is 1. The predicted octanol–water partition coefficient (Wildman–Crippen LogP) is 2.76. The first-order valence-corrected chi connectivity index (χ1v) is 6.56. The summed E-state index contributed by atoms with van der Waals surface area (Å²) in [6, 6.07) is 1.75. The number of halogens is 2. The Bertz CT molecular complexity index is 460. The van der Waals surface area contributed by atoms with Crippen molar-refractivity contribution < 1.29 is 14.7 Å². The first-order chi connectivity index (χ1) is 8.93. The molecule has 0 aromatic carbocycles. The number of aliphatic carboxylic acids is 1. The maximum absolute atomic E-state index is 11.9. The number of carboxylic acids is 1. The van der Waals surface area contributed by atoms with Crippen LogP contribution in [0.3, 0.4) is 0 Å². The lowest BCUT2D eigenvalue weighted by Gasteiger charge is -2.14. The number of aromatic nitrogens is 1. The third-order valence-electron chi connectivity index (χ3n) is 2.47. The molecule has 2 N–H and O–H groups in total. The van der Waals surface area contributed by atoms with Crippen molar-refractivity contribution in [3.8, 4) is 0 Å². The van der Waals surface area contributed by atoms with Crippen molar-refractivity contribution in [1.82, 2.24) is 10.3 Å². The van der Waals surface area contributed by atoms with Crippen LogP contribution in [-0.4, -0.2) is 28.0 Å². The zero-order chi connectivity index (χ0) is 14.4. The van der Waals surface area contributed by atoms with Gasteiger partial charge in [-0.15, -0.1) is 0 Å². The SMILES string of the molecule is CCCCC(NC(=O)c1cc(Cl)nc(Cl)c1)C(=O)O. The van der Waals surface area contributed by atoms with Crippen LogP contribution in [-0.2, 0) is 4.79 Å². The van der Waals surface area contributed by atoms with Crippen LogP contribution in [0.1, 0.15) is 36.5 Å². The van der Waals surface area contributed by atoms with Crippen molar-refractivity contribution >= 4 is 35.1 Å². The molecule has 1 rings (SSSR count). The molecule has 0 aliphatic carbocycles. The first-order valence-electron chi connectivity index (χ1n) is 5.80. The van der Waals surface area contributed by atoms with Gasteiger partial charge in [0.05, 0.1) is 0 Å². The molecule has 104 valence electrons. The van der Waals surface area contributed by atoms with E-state index in [-0.39, 0.29) is 15.9 Å². The van der Waals surface area contributed by atoms with E-state index in [0.29, 0.717) is 6.42 Å². The number of rotatable bonds is 6. The Labute approximate surface area is 120 Å². The molecule has 1 aromatic rings. The predicted molar refractivity (Wildman–Crippen MR) is 72.7 cm³/mol. The molecule has 1 unspecified atom stereocenters. The summed E-state index contributed by atoms with van der Waals surface area (Å²) in [7, 11) is 0. The minimum atomic E-state index is -1.06. The number of carboxylic acid groups (broad SMARTS) is 1. The molecule has 0 saturated carbocycles. The van der Waals surface area contributed by atoms with Gasteiger partial charge in [0, 0.05) is 5.56 Å². The van der Waals surface area contributed by atoms with E-state index in [4.69, 9.17) is 28.3 Å². The number of hydrogen-bond donors (Lipinski definition) is 2. The normalized spacial score (nSPS) is 11.9. The number of nitrogens with one attached hydrogen (secondary N) is 1. The summed E-state index contributed by atoms with van der Waals surface area (Å²) in [5.74, 6) is -1.59. The quantitative estimate of drug-likeness (QED) is 0.792. The Kier molecular flexibility index (Phi) is 6.05. The topological polar surface area (TPSA) is 79.3 Å². The van der Waals surface area contributed by atoms with Crippen molar-refractivity contribution in [2.45, 2.75) is 32.2 Å². The van der Waals surface area contributed by atoms with Crippen molar-refractivity contribution in [3.05, 3.63) is 28.0 Å². The van der Waals surface area contributed by atoms with Gasteiger partial charge in [0.15, 0.2) is 0 Å². The molecular weight excluding hydrogens is 291 g/mol. The van der Waals surface area contributed by atoms with Crippen molar-refractivity contribution in [3.63, 3.8) is 0 Å². The lowest BCUT2D eigenvalue weighted by molar-refractivity contribution is -0.139. The van der Waals surface area contributed by atoms with Gasteiger partial charge < -0.3 is 10.4 Å². The highest BCUT2D eigenvalue weighted by Crippen LogP contribution is 2.15. The van der Waals surface area contributed by atoms with Crippen molar-refractivity contribution in [2.24, 2.45) is 0 Å². The molecule has 1 heterocycles. The zero-order valence-electron chi connectivity index (χ0n) is 10.3. The molecular formula is C12H14Cl2N2O3. The van der Waals surface area contributed by atoms with Crippen LogP contribution >= 0.6 is 23.2 Å². The second kappa shape index (κ2) is 7.31. The van der Waals surface area contributed by atoms with Crippen LogP contribution in [0.15, 0.2) is 12.1 Å². The molecule has 0 saturated heterocycles. The van der Waals surface area contributed by atoms with Crippen LogP contribution in [0, 0.1) is 0 Å². The molecule has 0 aliphatic rings. The van der Waals surface area contributed by atoms with Gasteiger partial charge in [-0.3, -0.25) is 4.79 Å². The average Bonchev–Trinajstić information content (AvgIpc) is 2.32. The molecule has 0 radical (unpaired) electrons. The lowest BCUT2D eigenvalue weighted by Crippen LogP contribution is -2.40. The fourth-order valence-electron chi connectivity index (χ4n) is 1.50. The van der Waals surface area contributed by atoms with Gasteiger partial charge in [-0.1, -0.05) is 43.0 Å². The van der Waals surface area contributed by atoms with Gasteiger partial charge in [-0.25, -0.2) is 9.78 Å². The number of carbonyl (C=O) groups excluding carboxylic acids is 1. The summed E-state index contributed by atoms with van der Waals surface area (Å²) in [4.78, 5) is 26.6. The van der Waals surface area contributed by atoms with Crippen LogP contribution < -0.4 is 5.32 Å². The lowest BCUT2D eigenvalue weighted by atomic mass is 10.1. The van der Waals surface area contributed by atoms with Gasteiger partial charge in [-0.2, -0.15) is 0 Å². The van der Waals surface area contributed by atoms with E-state index < -0.39 is 17.9 Å². The number of carbonyl (C=O) groups is 2. The van der Waals surface area contributed by atoms with Gasteiger partial charge in [-0.05, 0) is 18.6 Å². The maximum atomic E-state index is 11.9. The number of hydrogen-bond acceptors (Lipinski definition) is 3. The molecule has 5 nitrogen and oxygen atoms in total. The summed E-state index contributed by atoms with van der Waals surface area (Å²) in [5, 5.41) is 11.6. The minimum absolute atomic E-state index is 0.0816. The monoisotopic (exact) mass is 304 g/mol. The Balaban J connectivity index is 2.78. The van der Waals surface area contributed by atoms with E-state index in [9.17, 15) is 9.59 Å². The highest BCUT2D eigenvalue weighted by atomic mass is 35.5. The van der Waals surface area contributed by atoms with Crippen molar-refractivity contribution in [1.29, 1.82) is 0 Å². The van der Waals surface area contributed by atoms with Gasteiger partial charge in [0.2, 0.25) is 0 Å². The summed E-state index contributed by atoms with van der Waals surface area (Å²) in [6.07, 6.45) is 1.95. The van der Waals surface area contributed by atoms with E-state index >= 15 is 0 Å². The number of nitrogens with zero attached hydrogens (tertiary/aromatic N) is 1. The fraction of sp³-hybridized carbons (Fsp3) is 0.417. The smallest absolute Gasteiger partial charge is 0.326 e. The first kappa shape index (κ1) is 15.7. The Morgan fingerprint density at radius 2 is 1.95 bits per heavy atom. The molecule has 1 aromatic heterocycles. The van der Waals surface area contributed by atoms with Gasteiger partial charge in [0.25, 0.3) is 5.91 Å². The molecule has 0 spiro atoms. The highest BCUT2D eigenvalue weighted by molar-refractivity contribution is 6.33. The Hall–Kier alpha value is -1.33. The van der Waals surface area contributed by atoms with Crippen LogP contribution in [0.4, 0.5) is 0 Å². The summed E-state index contributed by atoms with van der Waals surface area (Å²) in [6.45, 7) is 1.95. The third-order valence-corrected chi connectivity index (χ3v) is 2.86. The van der Waals surface area contributed by atoms with E-state index in [1.807, 2.05) is 6.92 Å². The summed E-state index contributed by atoms with van der Waals surface area (Å²) >= 11 is 11.4.